The molecular weight excluding hydrogens is 288 g/mol. The van der Waals surface area contributed by atoms with Crippen molar-refractivity contribution in [3.8, 4) is 5.75 Å². The molecule has 2 rings (SSSR count). The van der Waals surface area contributed by atoms with Gasteiger partial charge in [0.25, 0.3) is 5.91 Å². The number of hydrogen-bond acceptors (Lipinski definition) is 3. The maximum absolute atomic E-state index is 12.3. The Bertz CT molecular complexity index is 631. The van der Waals surface area contributed by atoms with E-state index in [1.165, 1.54) is 6.20 Å². The third-order valence-electron chi connectivity index (χ3n) is 3.24. The zero-order valence-electron chi connectivity index (χ0n) is 12.0. The second-order valence-corrected chi connectivity index (χ2v) is 4.94. The van der Waals surface area contributed by atoms with Crippen molar-refractivity contribution in [3.05, 3.63) is 58.9 Å². The molecule has 1 atom stereocenters. The van der Waals surface area contributed by atoms with Gasteiger partial charge < -0.3 is 10.1 Å². The lowest BCUT2D eigenvalue weighted by molar-refractivity contribution is 0.0935. The lowest BCUT2D eigenvalue weighted by atomic mass is 10.0. The molecule has 0 fully saturated rings. The van der Waals surface area contributed by atoms with Crippen LogP contribution < -0.4 is 10.1 Å². The van der Waals surface area contributed by atoms with E-state index in [-0.39, 0.29) is 11.9 Å². The predicted octanol–water partition coefficient (Wildman–Crippen LogP) is 3.62. The Morgan fingerprint density at radius 3 is 2.81 bits per heavy atom. The van der Waals surface area contributed by atoms with Crippen LogP contribution in [0.5, 0.6) is 5.75 Å². The molecule has 1 amide bonds. The third-order valence-corrected chi connectivity index (χ3v) is 3.57. The number of halogens is 1. The first-order chi connectivity index (χ1) is 10.2. The Hall–Kier alpha value is -2.07. The van der Waals surface area contributed by atoms with Crippen LogP contribution in [-0.4, -0.2) is 18.0 Å². The van der Waals surface area contributed by atoms with Crippen molar-refractivity contribution in [3.63, 3.8) is 0 Å². The number of ether oxygens (including phenoxy) is 1. The molecule has 0 radical (unpaired) electrons. The number of methoxy groups -OCH3 is 1. The first-order valence-corrected chi connectivity index (χ1v) is 7.08. The number of rotatable bonds is 5. The fourth-order valence-corrected chi connectivity index (χ4v) is 2.33. The van der Waals surface area contributed by atoms with Gasteiger partial charge in [-0.25, -0.2) is 0 Å². The average Bonchev–Trinajstić information content (AvgIpc) is 2.52. The zero-order valence-corrected chi connectivity index (χ0v) is 12.7. The van der Waals surface area contributed by atoms with Crippen molar-refractivity contribution >= 4 is 17.5 Å². The molecule has 4 nitrogen and oxygen atoms in total. The number of carbonyl (C=O) groups excluding carboxylic acids is 1. The van der Waals surface area contributed by atoms with Crippen molar-refractivity contribution < 1.29 is 9.53 Å². The summed E-state index contributed by atoms with van der Waals surface area (Å²) >= 11 is 6.02. The van der Waals surface area contributed by atoms with E-state index in [0.29, 0.717) is 10.6 Å². The van der Waals surface area contributed by atoms with Crippen molar-refractivity contribution in [1.29, 1.82) is 0 Å². The van der Waals surface area contributed by atoms with E-state index in [4.69, 9.17) is 16.3 Å². The van der Waals surface area contributed by atoms with Crippen LogP contribution in [0.1, 0.15) is 35.3 Å². The van der Waals surface area contributed by atoms with Crippen LogP contribution in [0.2, 0.25) is 5.02 Å². The molecule has 1 heterocycles. The highest BCUT2D eigenvalue weighted by Crippen LogP contribution is 2.27. The lowest BCUT2D eigenvalue weighted by Crippen LogP contribution is -2.28. The van der Waals surface area contributed by atoms with Gasteiger partial charge in [-0.05, 0) is 18.6 Å². The molecule has 5 heteroatoms. The van der Waals surface area contributed by atoms with E-state index in [2.05, 4.69) is 10.3 Å². The minimum Gasteiger partial charge on any atom is -0.496 e. The molecule has 1 aromatic carbocycles. The van der Waals surface area contributed by atoms with Crippen LogP contribution in [-0.2, 0) is 0 Å². The van der Waals surface area contributed by atoms with Crippen LogP contribution >= 0.6 is 11.6 Å². The van der Waals surface area contributed by atoms with Gasteiger partial charge in [-0.3, -0.25) is 9.78 Å². The quantitative estimate of drug-likeness (QED) is 0.918. The molecule has 1 unspecified atom stereocenters. The molecule has 0 saturated heterocycles. The Labute approximate surface area is 129 Å². The maximum atomic E-state index is 12.3. The van der Waals surface area contributed by atoms with Gasteiger partial charge >= 0.3 is 0 Å². The number of nitrogens with one attached hydrogen (secondary N) is 1. The van der Waals surface area contributed by atoms with Crippen LogP contribution in [0.25, 0.3) is 0 Å². The van der Waals surface area contributed by atoms with Crippen molar-refractivity contribution in [2.45, 2.75) is 19.4 Å². The first kappa shape index (κ1) is 15.3. The fourth-order valence-electron chi connectivity index (χ4n) is 2.13. The van der Waals surface area contributed by atoms with Crippen LogP contribution in [0.4, 0.5) is 0 Å². The third kappa shape index (κ3) is 3.52. The Morgan fingerprint density at radius 2 is 2.14 bits per heavy atom. The lowest BCUT2D eigenvalue weighted by Gasteiger charge is -2.20. The van der Waals surface area contributed by atoms with E-state index in [1.807, 2.05) is 31.2 Å². The van der Waals surface area contributed by atoms with Gasteiger partial charge in [0.2, 0.25) is 0 Å². The number of pyridine rings is 1. The summed E-state index contributed by atoms with van der Waals surface area (Å²) < 4.78 is 5.35. The molecule has 110 valence electrons. The van der Waals surface area contributed by atoms with Crippen LogP contribution in [0.15, 0.2) is 42.7 Å². The normalized spacial score (nSPS) is 11.8. The summed E-state index contributed by atoms with van der Waals surface area (Å²) in [5.41, 5.74) is 1.31. The molecule has 2 aromatic rings. The van der Waals surface area contributed by atoms with Gasteiger partial charge in [0.05, 0.1) is 23.7 Å². The number of amides is 1. The standard InChI is InChI=1S/C16H17ClN2O2/c1-3-14(11-6-4-5-7-15(11)21-2)19-16(20)12-10-18-9-8-13(12)17/h4-10,14H,3H2,1-2H3,(H,19,20). The monoisotopic (exact) mass is 304 g/mol. The second-order valence-electron chi connectivity index (χ2n) is 4.53. The van der Waals surface area contributed by atoms with Gasteiger partial charge in [0.1, 0.15) is 5.75 Å². The molecular formula is C16H17ClN2O2. The number of nitrogens with zero attached hydrogens (tertiary/aromatic N) is 1. The van der Waals surface area contributed by atoms with E-state index in [9.17, 15) is 4.79 Å². The van der Waals surface area contributed by atoms with Crippen molar-refractivity contribution in [2.24, 2.45) is 0 Å². The summed E-state index contributed by atoms with van der Waals surface area (Å²) in [6.45, 7) is 2.00. The molecule has 0 aliphatic rings. The second kappa shape index (κ2) is 7.09. The van der Waals surface area contributed by atoms with E-state index in [0.717, 1.165) is 17.7 Å². The number of aromatic nitrogens is 1. The van der Waals surface area contributed by atoms with Crippen LogP contribution in [0, 0.1) is 0 Å². The number of carbonyl (C=O) groups is 1. The van der Waals surface area contributed by atoms with Gasteiger partial charge in [-0.1, -0.05) is 36.7 Å². The molecule has 0 spiro atoms. The highest BCUT2D eigenvalue weighted by Gasteiger charge is 2.18. The van der Waals surface area contributed by atoms with Crippen molar-refractivity contribution in [2.75, 3.05) is 7.11 Å². The topological polar surface area (TPSA) is 51.2 Å². The first-order valence-electron chi connectivity index (χ1n) is 6.70. The maximum Gasteiger partial charge on any atom is 0.254 e. The average molecular weight is 305 g/mol. The Morgan fingerprint density at radius 1 is 1.38 bits per heavy atom. The number of benzene rings is 1. The van der Waals surface area contributed by atoms with Gasteiger partial charge in [-0.2, -0.15) is 0 Å². The largest absolute Gasteiger partial charge is 0.496 e. The highest BCUT2D eigenvalue weighted by atomic mass is 35.5. The van der Waals surface area contributed by atoms with E-state index < -0.39 is 0 Å². The van der Waals surface area contributed by atoms with Gasteiger partial charge in [0, 0.05) is 18.0 Å². The summed E-state index contributed by atoms with van der Waals surface area (Å²) in [6.07, 6.45) is 3.76. The molecule has 0 aliphatic carbocycles. The summed E-state index contributed by atoms with van der Waals surface area (Å²) in [4.78, 5) is 16.3. The molecule has 1 N–H and O–H groups in total. The molecule has 0 aliphatic heterocycles. The minimum absolute atomic E-state index is 0.148. The SMILES string of the molecule is CCC(NC(=O)c1cnccc1Cl)c1ccccc1OC. The van der Waals surface area contributed by atoms with Gasteiger partial charge in [-0.15, -0.1) is 0 Å². The minimum atomic E-state index is -0.245. The summed E-state index contributed by atoms with van der Waals surface area (Å²) in [7, 11) is 1.62. The molecule has 21 heavy (non-hydrogen) atoms. The summed E-state index contributed by atoms with van der Waals surface area (Å²) in [5.74, 6) is 0.507. The van der Waals surface area contributed by atoms with E-state index >= 15 is 0 Å². The Balaban J connectivity index is 2.23. The molecule has 1 aromatic heterocycles. The van der Waals surface area contributed by atoms with Crippen molar-refractivity contribution in [1.82, 2.24) is 10.3 Å². The summed E-state index contributed by atoms with van der Waals surface area (Å²) in [5, 5.41) is 3.36. The fraction of sp³-hybridized carbons (Fsp3) is 0.250. The predicted molar refractivity (Wildman–Crippen MR) is 82.7 cm³/mol. The number of para-hydroxylation sites is 1. The molecule has 0 bridgehead atoms. The van der Waals surface area contributed by atoms with E-state index in [1.54, 1.807) is 19.4 Å². The highest BCUT2D eigenvalue weighted by molar-refractivity contribution is 6.33. The smallest absolute Gasteiger partial charge is 0.254 e. The van der Waals surface area contributed by atoms with Gasteiger partial charge in [0.15, 0.2) is 0 Å². The molecule has 0 saturated carbocycles. The van der Waals surface area contributed by atoms with Crippen LogP contribution in [0.3, 0.4) is 0 Å². The number of hydrogen-bond donors (Lipinski definition) is 1. The zero-order chi connectivity index (χ0) is 15.2. The Kier molecular flexibility index (Phi) is 5.17. The summed E-state index contributed by atoms with van der Waals surface area (Å²) in [6, 6.07) is 9.09.